The van der Waals surface area contributed by atoms with Gasteiger partial charge in [0.25, 0.3) is 0 Å². The molecule has 1 aliphatic rings. The third-order valence-electron chi connectivity index (χ3n) is 4.03. The first-order valence-electron chi connectivity index (χ1n) is 8.28. The highest BCUT2D eigenvalue weighted by atomic mass is 16.7. The lowest BCUT2D eigenvalue weighted by molar-refractivity contribution is -0.216. The van der Waals surface area contributed by atoms with E-state index in [1.165, 1.54) is 6.92 Å². The number of nitrogens with zero attached hydrogens (tertiary/aromatic N) is 9. The van der Waals surface area contributed by atoms with Crippen molar-refractivity contribution in [3.8, 4) is 0 Å². The number of ether oxygens (including phenoxy) is 2. The van der Waals surface area contributed by atoms with Crippen molar-refractivity contribution in [3.05, 3.63) is 67.2 Å². The molecule has 1 aliphatic heterocycles. The Morgan fingerprint density at radius 1 is 1.14 bits per heavy atom. The molecule has 28 heavy (non-hydrogen) atoms. The lowest BCUT2D eigenvalue weighted by Gasteiger charge is -2.43. The molecule has 1 amide bonds. The molecule has 0 radical (unpaired) electrons. The van der Waals surface area contributed by atoms with Gasteiger partial charge in [-0.3, -0.25) is 4.79 Å². The van der Waals surface area contributed by atoms with Gasteiger partial charge in [0.05, 0.1) is 31.3 Å². The van der Waals surface area contributed by atoms with Gasteiger partial charge >= 0.3 is 0 Å². The maximum atomic E-state index is 11.7. The predicted molar refractivity (Wildman–Crippen MR) is 97.4 cm³/mol. The molecule has 0 bridgehead atoms. The normalized spacial score (nSPS) is 26.1. The van der Waals surface area contributed by atoms with E-state index in [-0.39, 0.29) is 13.2 Å². The molecule has 146 valence electrons. The fraction of sp³-hybridized carbons (Fsp3) is 0.533. The Kier molecular flexibility index (Phi) is 7.92. The Hall–Kier alpha value is -3.46. The number of amides is 1. The highest BCUT2D eigenvalue weighted by Gasteiger charge is 2.46. The van der Waals surface area contributed by atoms with Crippen LogP contribution in [-0.4, -0.2) is 43.0 Å². The van der Waals surface area contributed by atoms with Gasteiger partial charge in [0, 0.05) is 21.7 Å². The third kappa shape index (κ3) is 5.52. The van der Waals surface area contributed by atoms with Crippen molar-refractivity contribution in [2.45, 2.75) is 44.1 Å². The van der Waals surface area contributed by atoms with Crippen molar-refractivity contribution in [3.63, 3.8) is 0 Å². The number of hydrogen-bond acceptors (Lipinski definition) is 6. The predicted octanol–water partition coefficient (Wildman–Crippen LogP) is 3.10. The first-order valence-corrected chi connectivity index (χ1v) is 8.28. The molecule has 0 unspecified atom stereocenters. The minimum atomic E-state index is -1.06. The highest BCUT2D eigenvalue weighted by molar-refractivity contribution is 5.73. The van der Waals surface area contributed by atoms with E-state index < -0.39 is 36.4 Å². The van der Waals surface area contributed by atoms with Crippen LogP contribution in [0.15, 0.2) is 45.7 Å². The van der Waals surface area contributed by atoms with Crippen molar-refractivity contribution < 1.29 is 14.3 Å². The summed E-state index contributed by atoms with van der Waals surface area (Å²) in [5.74, 6) is -0.424. The number of benzene rings is 1. The maximum Gasteiger partial charge on any atom is 0.217 e. The van der Waals surface area contributed by atoms with Gasteiger partial charge in [0.2, 0.25) is 5.91 Å². The van der Waals surface area contributed by atoms with Crippen LogP contribution in [0.2, 0.25) is 0 Å². The van der Waals surface area contributed by atoms with Crippen molar-refractivity contribution in [2.75, 3.05) is 6.54 Å². The van der Waals surface area contributed by atoms with Gasteiger partial charge in [-0.15, -0.1) is 0 Å². The fourth-order valence-corrected chi connectivity index (χ4v) is 2.89. The second-order valence-electron chi connectivity index (χ2n) is 5.87. The summed E-state index contributed by atoms with van der Waals surface area (Å²) in [6.45, 7) is 1.26. The molecule has 1 heterocycles. The largest absolute Gasteiger partial charge is 0.352 e. The van der Waals surface area contributed by atoms with E-state index in [4.69, 9.17) is 26.1 Å². The van der Waals surface area contributed by atoms with Gasteiger partial charge in [-0.1, -0.05) is 45.7 Å². The molecular weight excluding hydrogens is 368 g/mol. The standard InChI is InChI=1S/C15H18N10O3/c1-9(26)20-13-12(21-24-17)11(7-19-23-16)28-15(14(13)22-25-18)27-8-10-5-3-2-4-6-10/h2-6,11-15H,7-8H2,1H3,(H,20,26)/t11-,12+,13+,14-,15+/m0/s1. The zero-order chi connectivity index (χ0) is 20.4. The zero-order valence-corrected chi connectivity index (χ0v) is 14.9. The Bertz CT molecular complexity index is 815. The Morgan fingerprint density at radius 2 is 1.82 bits per heavy atom. The summed E-state index contributed by atoms with van der Waals surface area (Å²) in [4.78, 5) is 19.9. The van der Waals surface area contributed by atoms with Crippen LogP contribution in [-0.2, 0) is 20.9 Å². The number of carbonyl (C=O) groups excluding carboxylic acids is 1. The molecule has 1 aromatic carbocycles. The second-order valence-corrected chi connectivity index (χ2v) is 5.87. The molecule has 0 aliphatic carbocycles. The molecular formula is C15H18N10O3. The van der Waals surface area contributed by atoms with E-state index in [0.717, 1.165) is 5.56 Å². The van der Waals surface area contributed by atoms with Gasteiger partial charge in [-0.2, -0.15) is 0 Å². The molecule has 1 fully saturated rings. The first kappa shape index (κ1) is 20.8. The maximum absolute atomic E-state index is 11.7. The summed E-state index contributed by atoms with van der Waals surface area (Å²) >= 11 is 0. The summed E-state index contributed by atoms with van der Waals surface area (Å²) in [5.41, 5.74) is 27.3. The molecule has 13 nitrogen and oxygen atoms in total. The second kappa shape index (κ2) is 10.6. The Labute approximate surface area is 159 Å². The smallest absolute Gasteiger partial charge is 0.217 e. The summed E-state index contributed by atoms with van der Waals surface area (Å²) in [5, 5.41) is 13.4. The number of rotatable bonds is 8. The number of azide groups is 3. The lowest BCUT2D eigenvalue weighted by Crippen LogP contribution is -2.63. The third-order valence-corrected chi connectivity index (χ3v) is 4.03. The molecule has 5 atom stereocenters. The molecule has 1 N–H and O–H groups in total. The van der Waals surface area contributed by atoms with Crippen molar-refractivity contribution in [1.82, 2.24) is 5.32 Å². The topological polar surface area (TPSA) is 194 Å². The van der Waals surface area contributed by atoms with Crippen molar-refractivity contribution >= 4 is 5.91 Å². The van der Waals surface area contributed by atoms with Gasteiger partial charge in [-0.25, -0.2) is 0 Å². The molecule has 0 saturated carbocycles. The number of carbonyl (C=O) groups is 1. The van der Waals surface area contributed by atoms with Crippen molar-refractivity contribution in [1.29, 1.82) is 0 Å². The monoisotopic (exact) mass is 386 g/mol. The van der Waals surface area contributed by atoms with Gasteiger partial charge in [-0.05, 0) is 22.2 Å². The average molecular weight is 386 g/mol. The lowest BCUT2D eigenvalue weighted by atomic mass is 9.92. The summed E-state index contributed by atoms with van der Waals surface area (Å²) in [6, 6.07) is 6.35. The molecule has 1 saturated heterocycles. The van der Waals surface area contributed by atoms with Crippen LogP contribution in [0.1, 0.15) is 12.5 Å². The van der Waals surface area contributed by atoms with E-state index in [9.17, 15) is 4.79 Å². The molecule has 13 heteroatoms. The van der Waals surface area contributed by atoms with E-state index >= 15 is 0 Å². The Morgan fingerprint density at radius 3 is 2.43 bits per heavy atom. The molecule has 0 aromatic heterocycles. The highest BCUT2D eigenvalue weighted by Crippen LogP contribution is 2.28. The average Bonchev–Trinajstić information content (AvgIpc) is 2.69. The first-order chi connectivity index (χ1) is 13.6. The van der Waals surface area contributed by atoms with Crippen LogP contribution < -0.4 is 5.32 Å². The van der Waals surface area contributed by atoms with Crippen molar-refractivity contribution in [2.24, 2.45) is 15.3 Å². The SMILES string of the molecule is CC(=O)N[C@H]1[C@H](N=[N+]=[N-])[C@H](OCc2ccccc2)O[C@@H](CN=[N+]=[N-])[C@H]1N=[N+]=[N-]. The van der Waals surface area contributed by atoms with Gasteiger partial charge in [0.15, 0.2) is 6.29 Å². The van der Waals surface area contributed by atoms with Crippen LogP contribution in [0.3, 0.4) is 0 Å². The fourth-order valence-electron chi connectivity index (χ4n) is 2.89. The van der Waals surface area contributed by atoms with Crippen LogP contribution in [0, 0.1) is 0 Å². The molecule has 1 aromatic rings. The number of hydrogen-bond donors (Lipinski definition) is 1. The van der Waals surface area contributed by atoms with E-state index in [1.54, 1.807) is 0 Å². The van der Waals surface area contributed by atoms with E-state index in [2.05, 4.69) is 35.4 Å². The van der Waals surface area contributed by atoms with E-state index in [0.29, 0.717) is 0 Å². The number of nitrogens with one attached hydrogen (secondary N) is 1. The van der Waals surface area contributed by atoms with Crippen LogP contribution in [0.5, 0.6) is 0 Å². The minimum absolute atomic E-state index is 0.149. The Balaban J connectivity index is 2.34. The van der Waals surface area contributed by atoms with Crippen LogP contribution in [0.4, 0.5) is 0 Å². The molecule has 2 rings (SSSR count). The summed E-state index contributed by atoms with van der Waals surface area (Å²) in [6.07, 6.45) is -1.94. The molecule has 0 spiro atoms. The van der Waals surface area contributed by atoms with Gasteiger partial charge < -0.3 is 14.8 Å². The van der Waals surface area contributed by atoms with Crippen LogP contribution >= 0.6 is 0 Å². The van der Waals surface area contributed by atoms with Crippen LogP contribution in [0.25, 0.3) is 31.3 Å². The minimum Gasteiger partial charge on any atom is -0.352 e. The quantitative estimate of drug-likeness (QED) is 0.408. The summed E-state index contributed by atoms with van der Waals surface area (Å²) < 4.78 is 11.6. The van der Waals surface area contributed by atoms with E-state index in [1.807, 2.05) is 30.3 Å². The summed E-state index contributed by atoms with van der Waals surface area (Å²) in [7, 11) is 0. The zero-order valence-electron chi connectivity index (χ0n) is 14.9. The van der Waals surface area contributed by atoms with Gasteiger partial charge in [0.1, 0.15) is 6.04 Å².